The predicted molar refractivity (Wildman–Crippen MR) is 65.0 cm³/mol. The Hall–Kier alpha value is -1.85. The lowest BCUT2D eigenvalue weighted by Gasteiger charge is -2.25. The van der Waals surface area contributed by atoms with Crippen molar-refractivity contribution in [2.24, 2.45) is 23.7 Å². The van der Waals surface area contributed by atoms with Crippen molar-refractivity contribution in [1.29, 1.82) is 0 Å². The first-order valence-electron chi connectivity index (χ1n) is 6.25. The minimum atomic E-state index is -0.956. The Morgan fingerprint density at radius 2 is 1.84 bits per heavy atom. The fourth-order valence-electron chi connectivity index (χ4n) is 3.06. The van der Waals surface area contributed by atoms with Gasteiger partial charge in [0.25, 0.3) is 0 Å². The smallest absolute Gasteiger partial charge is 0.328 e. The summed E-state index contributed by atoms with van der Waals surface area (Å²) in [4.78, 5) is 34.7. The maximum Gasteiger partial charge on any atom is 0.328 e. The predicted octanol–water partition coefficient (Wildman–Crippen LogP) is 0.187. The van der Waals surface area contributed by atoms with E-state index < -0.39 is 29.8 Å². The first-order chi connectivity index (χ1) is 8.95. The zero-order valence-electron chi connectivity index (χ0n) is 10.8. The normalized spacial score (nSPS) is 32.9. The second kappa shape index (κ2) is 5.03. The summed E-state index contributed by atoms with van der Waals surface area (Å²) in [5.41, 5.74) is 0. The second-order valence-electron chi connectivity index (χ2n) is 5.09. The summed E-state index contributed by atoms with van der Waals surface area (Å²) in [6.07, 6.45) is 4.47. The number of aliphatic carboxylic acids is 1. The quantitative estimate of drug-likeness (QED) is 0.560. The van der Waals surface area contributed by atoms with Crippen molar-refractivity contribution >= 4 is 17.8 Å². The fourth-order valence-corrected chi connectivity index (χ4v) is 3.06. The third-order valence-electron chi connectivity index (χ3n) is 3.96. The van der Waals surface area contributed by atoms with Crippen LogP contribution in [0.1, 0.15) is 13.3 Å². The number of ether oxygens (including phenoxy) is 1. The summed E-state index contributed by atoms with van der Waals surface area (Å²) in [6.45, 7) is 1.52. The lowest BCUT2D eigenvalue weighted by Crippen LogP contribution is -2.46. The van der Waals surface area contributed by atoms with Crippen LogP contribution in [0.25, 0.3) is 0 Å². The number of carbonyl (C=O) groups excluding carboxylic acids is 2. The Morgan fingerprint density at radius 1 is 1.26 bits per heavy atom. The van der Waals surface area contributed by atoms with Crippen molar-refractivity contribution in [2.75, 3.05) is 7.11 Å². The van der Waals surface area contributed by atoms with Crippen molar-refractivity contribution in [3.63, 3.8) is 0 Å². The Labute approximate surface area is 110 Å². The van der Waals surface area contributed by atoms with E-state index in [4.69, 9.17) is 0 Å². The van der Waals surface area contributed by atoms with Crippen LogP contribution in [0, 0.1) is 23.7 Å². The van der Waals surface area contributed by atoms with Crippen molar-refractivity contribution in [1.82, 2.24) is 5.32 Å². The van der Waals surface area contributed by atoms with Gasteiger partial charge in [-0.05, 0) is 25.2 Å². The molecule has 0 aromatic rings. The van der Waals surface area contributed by atoms with Crippen molar-refractivity contribution in [3.8, 4) is 0 Å². The molecule has 19 heavy (non-hydrogen) atoms. The Balaban J connectivity index is 2.08. The van der Waals surface area contributed by atoms with Crippen molar-refractivity contribution in [3.05, 3.63) is 12.2 Å². The molecule has 0 saturated heterocycles. The molecular formula is C13H17NO5. The third kappa shape index (κ3) is 2.34. The zero-order chi connectivity index (χ0) is 14.2. The Bertz CT molecular complexity index is 444. The number of esters is 1. The standard InChI is InChI=1S/C13H17NO5/c1-6(13(18)19-2)14-11(15)9-7-3-4-8(5-7)10(9)12(16)17/h3-4,6-10H,5H2,1-2H3,(H,14,15)(H,16,17)/t6-,7?,8?,9?,10?/m0/s1. The number of fused-ring (bicyclic) bond motifs is 2. The number of allylic oxidation sites excluding steroid dienone is 2. The highest BCUT2D eigenvalue weighted by Gasteiger charge is 2.51. The van der Waals surface area contributed by atoms with Crippen LogP contribution in [-0.4, -0.2) is 36.1 Å². The van der Waals surface area contributed by atoms with Gasteiger partial charge in [0, 0.05) is 0 Å². The molecule has 1 amide bonds. The first-order valence-corrected chi connectivity index (χ1v) is 6.25. The number of hydrogen-bond donors (Lipinski definition) is 2. The van der Waals surface area contributed by atoms with Crippen LogP contribution in [0.15, 0.2) is 12.2 Å². The average Bonchev–Trinajstić information content (AvgIpc) is 2.97. The Kier molecular flexibility index (Phi) is 3.59. The van der Waals surface area contributed by atoms with E-state index in [0.29, 0.717) is 6.42 Å². The van der Waals surface area contributed by atoms with Crippen LogP contribution >= 0.6 is 0 Å². The van der Waals surface area contributed by atoms with Gasteiger partial charge in [0.05, 0.1) is 18.9 Å². The van der Waals surface area contributed by atoms with Gasteiger partial charge in [0.2, 0.25) is 5.91 Å². The molecule has 2 aliphatic rings. The van der Waals surface area contributed by atoms with Crippen LogP contribution in [0.2, 0.25) is 0 Å². The number of carboxylic acid groups (broad SMARTS) is 1. The highest BCUT2D eigenvalue weighted by molar-refractivity contribution is 5.89. The summed E-state index contributed by atoms with van der Waals surface area (Å²) < 4.78 is 4.53. The number of amides is 1. The van der Waals surface area contributed by atoms with Gasteiger partial charge in [-0.15, -0.1) is 0 Å². The lowest BCUT2D eigenvalue weighted by molar-refractivity contribution is -0.149. The van der Waals surface area contributed by atoms with Gasteiger partial charge in [0.15, 0.2) is 0 Å². The molecule has 2 aliphatic carbocycles. The molecule has 104 valence electrons. The maximum atomic E-state index is 12.2. The molecular weight excluding hydrogens is 250 g/mol. The molecule has 2 rings (SSSR count). The van der Waals surface area contributed by atoms with Crippen LogP contribution in [0.3, 0.4) is 0 Å². The molecule has 5 atom stereocenters. The minimum Gasteiger partial charge on any atom is -0.481 e. The molecule has 4 unspecified atom stereocenters. The molecule has 0 heterocycles. The monoisotopic (exact) mass is 267 g/mol. The van der Waals surface area contributed by atoms with E-state index in [-0.39, 0.29) is 17.7 Å². The van der Waals surface area contributed by atoms with Gasteiger partial charge in [-0.3, -0.25) is 9.59 Å². The topological polar surface area (TPSA) is 92.7 Å². The van der Waals surface area contributed by atoms with Gasteiger partial charge in [-0.2, -0.15) is 0 Å². The second-order valence-corrected chi connectivity index (χ2v) is 5.09. The van der Waals surface area contributed by atoms with Crippen LogP contribution in [-0.2, 0) is 19.1 Å². The molecule has 0 aromatic heterocycles. The van der Waals surface area contributed by atoms with Gasteiger partial charge >= 0.3 is 11.9 Å². The van der Waals surface area contributed by atoms with Gasteiger partial charge in [0.1, 0.15) is 6.04 Å². The zero-order valence-corrected chi connectivity index (χ0v) is 10.8. The van der Waals surface area contributed by atoms with Crippen LogP contribution in [0.5, 0.6) is 0 Å². The van der Waals surface area contributed by atoms with E-state index in [2.05, 4.69) is 10.1 Å². The highest BCUT2D eigenvalue weighted by Crippen LogP contribution is 2.48. The molecule has 0 aromatic carbocycles. The first kappa shape index (κ1) is 13.6. The van der Waals surface area contributed by atoms with Crippen LogP contribution in [0.4, 0.5) is 0 Å². The van der Waals surface area contributed by atoms with Crippen LogP contribution < -0.4 is 5.32 Å². The molecule has 6 nitrogen and oxygen atoms in total. The highest BCUT2D eigenvalue weighted by atomic mass is 16.5. The summed E-state index contributed by atoms with van der Waals surface area (Å²) >= 11 is 0. The van der Waals surface area contributed by atoms with Gasteiger partial charge < -0.3 is 15.2 Å². The van der Waals surface area contributed by atoms with E-state index in [1.54, 1.807) is 0 Å². The summed E-state index contributed by atoms with van der Waals surface area (Å²) in [5.74, 6) is -3.30. The molecule has 1 fully saturated rings. The van der Waals surface area contributed by atoms with E-state index in [9.17, 15) is 19.5 Å². The van der Waals surface area contributed by atoms with Gasteiger partial charge in [-0.25, -0.2) is 4.79 Å². The number of carbonyl (C=O) groups is 3. The maximum absolute atomic E-state index is 12.2. The molecule has 1 saturated carbocycles. The fraction of sp³-hybridized carbons (Fsp3) is 0.615. The van der Waals surface area contributed by atoms with E-state index >= 15 is 0 Å². The summed E-state index contributed by atoms with van der Waals surface area (Å²) in [6, 6.07) is -0.768. The largest absolute Gasteiger partial charge is 0.481 e. The van der Waals surface area contributed by atoms with E-state index in [1.807, 2.05) is 12.2 Å². The summed E-state index contributed by atoms with van der Waals surface area (Å²) in [5, 5.41) is 11.8. The molecule has 0 aliphatic heterocycles. The number of rotatable bonds is 4. The minimum absolute atomic E-state index is 0.0454. The van der Waals surface area contributed by atoms with Gasteiger partial charge in [-0.1, -0.05) is 12.2 Å². The molecule has 2 bridgehead atoms. The van der Waals surface area contributed by atoms with E-state index in [0.717, 1.165) is 0 Å². The number of methoxy groups -OCH3 is 1. The molecule has 0 spiro atoms. The van der Waals surface area contributed by atoms with E-state index in [1.165, 1.54) is 14.0 Å². The summed E-state index contributed by atoms with van der Waals surface area (Å²) in [7, 11) is 1.24. The number of hydrogen-bond acceptors (Lipinski definition) is 4. The Morgan fingerprint density at radius 3 is 2.37 bits per heavy atom. The number of nitrogens with one attached hydrogen (secondary N) is 1. The number of carboxylic acids is 1. The van der Waals surface area contributed by atoms with Crippen molar-refractivity contribution in [2.45, 2.75) is 19.4 Å². The lowest BCUT2D eigenvalue weighted by atomic mass is 9.82. The van der Waals surface area contributed by atoms with Crippen molar-refractivity contribution < 1.29 is 24.2 Å². The third-order valence-corrected chi connectivity index (χ3v) is 3.96. The molecule has 6 heteroatoms. The SMILES string of the molecule is COC(=O)[C@H](C)NC(=O)C1C2C=CC(C2)C1C(=O)O. The molecule has 2 N–H and O–H groups in total. The average molecular weight is 267 g/mol. The molecule has 0 radical (unpaired) electrons.